The number of nitrogens with one attached hydrogen (secondary N) is 2. The summed E-state index contributed by atoms with van der Waals surface area (Å²) < 4.78 is 0. The highest BCUT2D eigenvalue weighted by molar-refractivity contribution is 7.99. The molecule has 6 heteroatoms. The minimum Gasteiger partial charge on any atom is -0.481 e. The molecule has 3 N–H and O–H groups in total. The van der Waals surface area contributed by atoms with Crippen LogP contribution in [-0.4, -0.2) is 41.7 Å². The molecule has 5 nitrogen and oxygen atoms in total. The smallest absolute Gasteiger partial charge is 0.314 e. The van der Waals surface area contributed by atoms with Crippen LogP contribution in [0.25, 0.3) is 0 Å². The number of aliphatic carboxylic acids is 1. The number of urea groups is 1. The lowest BCUT2D eigenvalue weighted by Gasteiger charge is -2.24. The Morgan fingerprint density at radius 2 is 1.94 bits per heavy atom. The summed E-state index contributed by atoms with van der Waals surface area (Å²) in [4.78, 5) is 22.8. The lowest BCUT2D eigenvalue weighted by Crippen LogP contribution is -2.46. The van der Waals surface area contributed by atoms with Gasteiger partial charge < -0.3 is 15.7 Å². The van der Waals surface area contributed by atoms with Gasteiger partial charge in [-0.3, -0.25) is 4.79 Å². The van der Waals surface area contributed by atoms with Crippen molar-refractivity contribution < 1.29 is 14.7 Å². The van der Waals surface area contributed by atoms with Gasteiger partial charge in [0.1, 0.15) is 0 Å². The number of carbonyl (C=O) groups excluding carboxylic acids is 1. The summed E-state index contributed by atoms with van der Waals surface area (Å²) in [5, 5.41) is 15.1. The van der Waals surface area contributed by atoms with Gasteiger partial charge in [-0.05, 0) is 19.1 Å². The second-order valence-corrected chi connectivity index (χ2v) is 6.18. The molecule has 0 aromatic heterocycles. The largest absolute Gasteiger partial charge is 0.481 e. The summed E-state index contributed by atoms with van der Waals surface area (Å²) >= 11 is 1.68. The third-order valence-corrected chi connectivity index (χ3v) is 4.53. The Morgan fingerprint density at radius 1 is 1.33 bits per heavy atom. The molecule has 0 spiro atoms. The molecule has 0 aliphatic heterocycles. The molecule has 1 rings (SSSR count). The first-order valence-corrected chi connectivity index (χ1v) is 7.57. The third-order valence-electron chi connectivity index (χ3n) is 3.55. The predicted molar refractivity (Wildman–Crippen MR) is 72.9 cm³/mol. The summed E-state index contributed by atoms with van der Waals surface area (Å²) in [5.74, 6) is -0.794. The van der Waals surface area contributed by atoms with Crippen molar-refractivity contribution in [2.75, 3.05) is 19.3 Å². The first-order valence-electron chi connectivity index (χ1n) is 6.28. The zero-order valence-corrected chi connectivity index (χ0v) is 11.8. The van der Waals surface area contributed by atoms with Crippen LogP contribution in [-0.2, 0) is 4.79 Å². The molecule has 2 amide bonds. The standard InChI is InChI=1S/C12H22N2O3S/c1-9(18-2)7-13-11(17)14-8-12(10(15)16)5-3-4-6-12/h9H,3-8H2,1-2H3,(H,15,16)(H2,13,14,17). The van der Waals surface area contributed by atoms with Crippen molar-refractivity contribution in [1.82, 2.24) is 10.6 Å². The molecule has 1 aliphatic carbocycles. The number of carboxylic acid groups (broad SMARTS) is 1. The van der Waals surface area contributed by atoms with E-state index in [4.69, 9.17) is 0 Å². The zero-order chi connectivity index (χ0) is 13.6. The minimum absolute atomic E-state index is 0.224. The number of hydrogen-bond donors (Lipinski definition) is 3. The molecular weight excluding hydrogens is 252 g/mol. The van der Waals surface area contributed by atoms with Gasteiger partial charge >= 0.3 is 12.0 Å². The molecule has 0 saturated heterocycles. The number of amides is 2. The summed E-state index contributed by atoms with van der Waals surface area (Å²) in [5.41, 5.74) is -0.748. The van der Waals surface area contributed by atoms with Crippen molar-refractivity contribution in [3.63, 3.8) is 0 Å². The Kier molecular flexibility index (Phi) is 5.78. The van der Waals surface area contributed by atoms with E-state index in [2.05, 4.69) is 10.6 Å². The van der Waals surface area contributed by atoms with E-state index in [-0.39, 0.29) is 12.6 Å². The Balaban J connectivity index is 2.34. The monoisotopic (exact) mass is 274 g/mol. The highest BCUT2D eigenvalue weighted by atomic mass is 32.2. The second-order valence-electron chi connectivity index (χ2n) is 4.90. The van der Waals surface area contributed by atoms with Crippen LogP contribution in [0.15, 0.2) is 0 Å². The van der Waals surface area contributed by atoms with Gasteiger partial charge in [-0.25, -0.2) is 4.79 Å². The lowest BCUT2D eigenvalue weighted by atomic mass is 9.86. The van der Waals surface area contributed by atoms with Crippen molar-refractivity contribution in [2.45, 2.75) is 37.9 Å². The number of carbonyl (C=O) groups is 2. The molecule has 0 bridgehead atoms. The molecule has 0 aromatic carbocycles. The normalized spacial score (nSPS) is 19.2. The fourth-order valence-electron chi connectivity index (χ4n) is 2.15. The van der Waals surface area contributed by atoms with E-state index in [1.807, 2.05) is 13.2 Å². The molecular formula is C12H22N2O3S. The Bertz CT molecular complexity index is 304. The second kappa shape index (κ2) is 6.87. The zero-order valence-electron chi connectivity index (χ0n) is 11.0. The summed E-state index contributed by atoms with van der Waals surface area (Å²) in [6.07, 6.45) is 5.16. The fourth-order valence-corrected chi connectivity index (χ4v) is 2.40. The van der Waals surface area contributed by atoms with Gasteiger partial charge in [-0.15, -0.1) is 0 Å². The molecule has 0 heterocycles. The third kappa shape index (κ3) is 4.08. The molecule has 0 aromatic rings. The quantitative estimate of drug-likeness (QED) is 0.688. The van der Waals surface area contributed by atoms with Gasteiger partial charge in [0.2, 0.25) is 0 Å². The maximum absolute atomic E-state index is 11.6. The molecule has 104 valence electrons. The van der Waals surface area contributed by atoms with Crippen LogP contribution in [0.1, 0.15) is 32.6 Å². The van der Waals surface area contributed by atoms with Crippen molar-refractivity contribution in [1.29, 1.82) is 0 Å². The van der Waals surface area contributed by atoms with E-state index in [1.54, 1.807) is 11.8 Å². The Labute approximate surface area is 112 Å². The van der Waals surface area contributed by atoms with Crippen LogP contribution in [0.3, 0.4) is 0 Å². The van der Waals surface area contributed by atoms with Crippen molar-refractivity contribution in [3.05, 3.63) is 0 Å². The van der Waals surface area contributed by atoms with E-state index in [0.717, 1.165) is 12.8 Å². The summed E-state index contributed by atoms with van der Waals surface area (Å²) in [7, 11) is 0. The Hall–Kier alpha value is -0.910. The van der Waals surface area contributed by atoms with Gasteiger partial charge in [-0.2, -0.15) is 11.8 Å². The van der Waals surface area contributed by atoms with E-state index >= 15 is 0 Å². The molecule has 1 aliphatic rings. The number of rotatable bonds is 6. The van der Waals surface area contributed by atoms with Gasteiger partial charge in [-0.1, -0.05) is 19.8 Å². The van der Waals surface area contributed by atoms with Gasteiger partial charge in [0.05, 0.1) is 5.41 Å². The number of carboxylic acids is 1. The summed E-state index contributed by atoms with van der Waals surface area (Å²) in [6, 6.07) is -0.275. The van der Waals surface area contributed by atoms with Crippen LogP contribution in [0, 0.1) is 5.41 Å². The van der Waals surface area contributed by atoms with Crippen LogP contribution in [0.5, 0.6) is 0 Å². The van der Waals surface area contributed by atoms with Crippen LogP contribution >= 0.6 is 11.8 Å². The molecule has 1 unspecified atom stereocenters. The van der Waals surface area contributed by atoms with Crippen LogP contribution in [0.2, 0.25) is 0 Å². The molecule has 1 atom stereocenters. The van der Waals surface area contributed by atoms with Crippen molar-refractivity contribution in [2.24, 2.45) is 5.41 Å². The highest BCUT2D eigenvalue weighted by Crippen LogP contribution is 2.37. The maximum Gasteiger partial charge on any atom is 0.314 e. The van der Waals surface area contributed by atoms with Gasteiger partial charge in [0.15, 0.2) is 0 Å². The van der Waals surface area contributed by atoms with Crippen molar-refractivity contribution >= 4 is 23.8 Å². The SMILES string of the molecule is CSC(C)CNC(=O)NCC1(C(=O)O)CCCC1. The number of hydrogen-bond acceptors (Lipinski definition) is 3. The van der Waals surface area contributed by atoms with E-state index in [1.165, 1.54) is 0 Å². The average molecular weight is 274 g/mol. The Morgan fingerprint density at radius 3 is 2.44 bits per heavy atom. The molecule has 1 fully saturated rings. The maximum atomic E-state index is 11.6. The van der Waals surface area contributed by atoms with Crippen LogP contribution < -0.4 is 10.6 Å². The number of thioether (sulfide) groups is 1. The minimum atomic E-state index is -0.794. The predicted octanol–water partition coefficient (Wildman–Crippen LogP) is 1.68. The fraction of sp³-hybridized carbons (Fsp3) is 0.833. The van der Waals surface area contributed by atoms with Crippen molar-refractivity contribution in [3.8, 4) is 0 Å². The van der Waals surface area contributed by atoms with E-state index in [0.29, 0.717) is 24.6 Å². The van der Waals surface area contributed by atoms with Gasteiger partial charge in [0.25, 0.3) is 0 Å². The molecule has 0 radical (unpaired) electrons. The van der Waals surface area contributed by atoms with Crippen LogP contribution in [0.4, 0.5) is 4.79 Å². The molecule has 18 heavy (non-hydrogen) atoms. The van der Waals surface area contributed by atoms with Gasteiger partial charge in [0, 0.05) is 18.3 Å². The van der Waals surface area contributed by atoms with E-state index in [9.17, 15) is 14.7 Å². The highest BCUT2D eigenvalue weighted by Gasteiger charge is 2.41. The lowest BCUT2D eigenvalue weighted by molar-refractivity contribution is -0.148. The average Bonchev–Trinajstić information content (AvgIpc) is 2.83. The summed E-state index contributed by atoms with van der Waals surface area (Å²) in [6.45, 7) is 2.84. The first-order chi connectivity index (χ1) is 8.50. The first kappa shape index (κ1) is 15.1. The molecule has 1 saturated carbocycles. The topological polar surface area (TPSA) is 78.4 Å². The van der Waals surface area contributed by atoms with E-state index < -0.39 is 11.4 Å².